The molecule has 0 aliphatic heterocycles. The molecule has 2 aromatic rings. The number of rotatable bonds is 5. The van der Waals surface area contributed by atoms with Crippen LogP contribution in [0, 0.1) is 0 Å². The van der Waals surface area contributed by atoms with E-state index in [2.05, 4.69) is 25.6 Å². The Labute approximate surface area is 105 Å². The van der Waals surface area contributed by atoms with Crippen molar-refractivity contribution in [2.75, 3.05) is 11.9 Å². The van der Waals surface area contributed by atoms with Crippen molar-refractivity contribution in [3.8, 4) is 0 Å². The molecule has 2 aromatic heterocycles. The summed E-state index contributed by atoms with van der Waals surface area (Å²) in [6.45, 7) is 3.09. The molecule has 0 saturated heterocycles. The second-order valence-electron chi connectivity index (χ2n) is 3.72. The zero-order valence-electron chi connectivity index (χ0n) is 10.1. The van der Waals surface area contributed by atoms with Crippen LogP contribution in [-0.4, -0.2) is 27.4 Å². The number of carbonyl (C=O) groups is 1. The van der Waals surface area contributed by atoms with E-state index in [4.69, 9.17) is 0 Å². The first-order chi connectivity index (χ1) is 8.79. The van der Waals surface area contributed by atoms with Crippen molar-refractivity contribution in [1.82, 2.24) is 20.3 Å². The van der Waals surface area contributed by atoms with Gasteiger partial charge in [-0.1, -0.05) is 0 Å². The zero-order chi connectivity index (χ0) is 12.8. The van der Waals surface area contributed by atoms with Gasteiger partial charge in [-0.25, -0.2) is 4.98 Å². The molecule has 18 heavy (non-hydrogen) atoms. The first kappa shape index (κ1) is 12.1. The molecule has 6 heteroatoms. The second kappa shape index (κ2) is 5.81. The molecule has 2 rings (SSSR count). The Hall–Kier alpha value is -2.37. The van der Waals surface area contributed by atoms with Crippen LogP contribution in [0.2, 0.25) is 0 Å². The van der Waals surface area contributed by atoms with E-state index in [0.29, 0.717) is 18.8 Å². The Morgan fingerprint density at radius 1 is 1.50 bits per heavy atom. The van der Waals surface area contributed by atoms with Crippen molar-refractivity contribution in [3.05, 3.63) is 42.2 Å². The van der Waals surface area contributed by atoms with E-state index in [-0.39, 0.29) is 5.91 Å². The predicted octanol–water partition coefficient (Wildman–Crippen LogP) is 1.17. The molecule has 1 amide bonds. The lowest BCUT2D eigenvalue weighted by Crippen LogP contribution is -2.23. The number of pyridine rings is 1. The minimum Gasteiger partial charge on any atom is -0.379 e. The molecule has 0 aliphatic rings. The van der Waals surface area contributed by atoms with E-state index in [9.17, 15) is 4.79 Å². The molecule has 3 N–H and O–H groups in total. The highest BCUT2D eigenvalue weighted by Gasteiger charge is 2.06. The van der Waals surface area contributed by atoms with Crippen LogP contribution >= 0.6 is 0 Å². The van der Waals surface area contributed by atoms with Crippen molar-refractivity contribution < 1.29 is 4.79 Å². The number of nitrogens with one attached hydrogen (secondary N) is 3. The van der Waals surface area contributed by atoms with Crippen LogP contribution in [0.5, 0.6) is 0 Å². The number of hydrogen-bond donors (Lipinski definition) is 3. The third-order valence-electron chi connectivity index (χ3n) is 2.37. The van der Waals surface area contributed by atoms with Gasteiger partial charge in [-0.2, -0.15) is 0 Å². The van der Waals surface area contributed by atoms with Crippen molar-refractivity contribution in [2.45, 2.75) is 13.5 Å². The largest absolute Gasteiger partial charge is 0.379 e. The Balaban J connectivity index is 2.01. The number of imidazole rings is 1. The molecule has 0 radical (unpaired) electrons. The van der Waals surface area contributed by atoms with Gasteiger partial charge in [0.15, 0.2) is 0 Å². The van der Waals surface area contributed by atoms with E-state index in [1.807, 2.05) is 13.0 Å². The molecule has 0 unspecified atom stereocenters. The molecule has 94 valence electrons. The summed E-state index contributed by atoms with van der Waals surface area (Å²) in [7, 11) is 0. The molecule has 0 aromatic carbocycles. The predicted molar refractivity (Wildman–Crippen MR) is 68.2 cm³/mol. The lowest BCUT2D eigenvalue weighted by Gasteiger charge is -2.06. The Bertz CT molecular complexity index is 509. The Morgan fingerprint density at radius 2 is 2.39 bits per heavy atom. The monoisotopic (exact) mass is 245 g/mol. The fourth-order valence-electron chi connectivity index (χ4n) is 1.49. The van der Waals surface area contributed by atoms with Crippen LogP contribution in [0.25, 0.3) is 0 Å². The van der Waals surface area contributed by atoms with E-state index < -0.39 is 0 Å². The van der Waals surface area contributed by atoms with Gasteiger partial charge in [0.05, 0.1) is 18.6 Å². The topological polar surface area (TPSA) is 82.7 Å². The van der Waals surface area contributed by atoms with Crippen LogP contribution in [0.15, 0.2) is 30.9 Å². The molecule has 2 heterocycles. The SMILES string of the molecule is CCNC(=O)c1cc(NCc2cnc[nH]2)ccn1. The van der Waals surface area contributed by atoms with Gasteiger partial charge in [-0.3, -0.25) is 9.78 Å². The van der Waals surface area contributed by atoms with Gasteiger partial charge in [0.1, 0.15) is 5.69 Å². The highest BCUT2D eigenvalue weighted by Crippen LogP contribution is 2.09. The van der Waals surface area contributed by atoms with Crippen LogP contribution < -0.4 is 10.6 Å². The average Bonchev–Trinajstić information content (AvgIpc) is 2.90. The second-order valence-corrected chi connectivity index (χ2v) is 3.72. The van der Waals surface area contributed by atoms with Crippen molar-refractivity contribution in [3.63, 3.8) is 0 Å². The summed E-state index contributed by atoms with van der Waals surface area (Å²) in [4.78, 5) is 22.6. The minimum atomic E-state index is -0.164. The fourth-order valence-corrected chi connectivity index (χ4v) is 1.49. The molecule has 0 bridgehead atoms. The van der Waals surface area contributed by atoms with Crippen molar-refractivity contribution >= 4 is 11.6 Å². The summed E-state index contributed by atoms with van der Waals surface area (Å²) in [5, 5.41) is 5.91. The van der Waals surface area contributed by atoms with Gasteiger partial charge < -0.3 is 15.6 Å². The highest BCUT2D eigenvalue weighted by molar-refractivity contribution is 5.93. The fraction of sp³-hybridized carbons (Fsp3) is 0.250. The maximum absolute atomic E-state index is 11.6. The highest BCUT2D eigenvalue weighted by atomic mass is 16.1. The molecular formula is C12H15N5O. The number of anilines is 1. The molecular weight excluding hydrogens is 230 g/mol. The van der Waals surface area contributed by atoms with Gasteiger partial charge in [0.2, 0.25) is 0 Å². The summed E-state index contributed by atoms with van der Waals surface area (Å²) in [6, 6.07) is 3.54. The number of H-pyrrole nitrogens is 1. The Morgan fingerprint density at radius 3 is 3.11 bits per heavy atom. The summed E-state index contributed by atoms with van der Waals surface area (Å²) in [5.74, 6) is -0.164. The van der Waals surface area contributed by atoms with E-state index >= 15 is 0 Å². The van der Waals surface area contributed by atoms with E-state index in [0.717, 1.165) is 11.4 Å². The maximum atomic E-state index is 11.6. The molecule has 0 fully saturated rings. The summed E-state index contributed by atoms with van der Waals surface area (Å²) < 4.78 is 0. The molecule has 0 saturated carbocycles. The summed E-state index contributed by atoms with van der Waals surface area (Å²) in [5.41, 5.74) is 2.23. The normalized spacial score (nSPS) is 10.1. The maximum Gasteiger partial charge on any atom is 0.269 e. The minimum absolute atomic E-state index is 0.164. The zero-order valence-corrected chi connectivity index (χ0v) is 10.1. The third kappa shape index (κ3) is 3.07. The quantitative estimate of drug-likeness (QED) is 0.738. The summed E-state index contributed by atoms with van der Waals surface area (Å²) in [6.07, 6.45) is 4.99. The molecule has 0 spiro atoms. The van der Waals surface area contributed by atoms with Gasteiger partial charge in [-0.05, 0) is 19.1 Å². The Kier molecular flexibility index (Phi) is 3.90. The number of aromatic amines is 1. The van der Waals surface area contributed by atoms with E-state index in [1.54, 1.807) is 24.8 Å². The van der Waals surface area contributed by atoms with Crippen LogP contribution in [0.4, 0.5) is 5.69 Å². The molecule has 0 atom stereocenters. The molecule has 0 aliphatic carbocycles. The molecule has 6 nitrogen and oxygen atoms in total. The number of carbonyl (C=O) groups excluding carboxylic acids is 1. The number of hydrogen-bond acceptors (Lipinski definition) is 4. The van der Waals surface area contributed by atoms with Crippen LogP contribution in [-0.2, 0) is 6.54 Å². The van der Waals surface area contributed by atoms with Crippen LogP contribution in [0.1, 0.15) is 23.1 Å². The van der Waals surface area contributed by atoms with Crippen molar-refractivity contribution in [1.29, 1.82) is 0 Å². The first-order valence-corrected chi connectivity index (χ1v) is 5.75. The van der Waals surface area contributed by atoms with E-state index in [1.165, 1.54) is 0 Å². The average molecular weight is 245 g/mol. The standard InChI is InChI=1S/C12H15N5O/c1-2-14-12(18)11-5-9(3-4-15-11)16-7-10-6-13-8-17-10/h3-6,8H,2,7H2,1H3,(H,13,17)(H,14,18)(H,15,16). The van der Waals surface area contributed by atoms with Gasteiger partial charge in [0.25, 0.3) is 5.91 Å². The third-order valence-corrected chi connectivity index (χ3v) is 2.37. The lowest BCUT2D eigenvalue weighted by atomic mass is 10.3. The van der Waals surface area contributed by atoms with Gasteiger partial charge in [-0.15, -0.1) is 0 Å². The summed E-state index contributed by atoms with van der Waals surface area (Å²) >= 11 is 0. The number of nitrogens with zero attached hydrogens (tertiary/aromatic N) is 2. The number of aromatic nitrogens is 3. The van der Waals surface area contributed by atoms with Gasteiger partial charge in [0, 0.05) is 24.6 Å². The smallest absolute Gasteiger partial charge is 0.269 e. The van der Waals surface area contributed by atoms with Crippen LogP contribution in [0.3, 0.4) is 0 Å². The lowest BCUT2D eigenvalue weighted by molar-refractivity contribution is 0.0951. The van der Waals surface area contributed by atoms with Crippen molar-refractivity contribution in [2.24, 2.45) is 0 Å². The van der Waals surface area contributed by atoms with Gasteiger partial charge >= 0.3 is 0 Å². The first-order valence-electron chi connectivity index (χ1n) is 5.75. The number of amides is 1.